The number of nitrogens with zero attached hydrogens (tertiary/aromatic N) is 9. The average Bonchev–Trinajstić information content (AvgIpc) is 4.15. The first kappa shape index (κ1) is 79.6. The SMILES string of the molecule is C=CC1=NC(C(C)(C)C)=CC1.C=CC1=NC(C(C)(C)C)=CC1.C=CC1=NCC(C(C)(C)C)=C1.C=CC1=NCC=C1C(C)(C)C.C=CC1=NCC=C1C(C)(C)C.C=Cc1cc(C(C)(C)C)[nH]n1.C=Cc1ncc(C(C)(C)C)n1C.C=Cc1nocc1C(C)(C)C. The highest BCUT2D eigenvalue weighted by molar-refractivity contribution is 6.11. The van der Waals surface area contributed by atoms with Crippen LogP contribution in [0.15, 0.2) is 190 Å². The first-order valence-corrected chi connectivity index (χ1v) is 31.1. The van der Waals surface area contributed by atoms with Crippen molar-refractivity contribution < 1.29 is 4.52 Å². The number of rotatable bonds is 8. The zero-order valence-electron chi connectivity index (χ0n) is 60.4. The van der Waals surface area contributed by atoms with Crippen molar-refractivity contribution in [2.75, 3.05) is 19.6 Å². The van der Waals surface area contributed by atoms with Gasteiger partial charge in [-0.2, -0.15) is 5.10 Å². The molecule has 5 aliphatic heterocycles. The molecule has 3 aromatic rings. The molecular formula is C78H118N10O. The maximum absolute atomic E-state index is 4.84. The topological polar surface area (TPSA) is 134 Å². The van der Waals surface area contributed by atoms with Crippen molar-refractivity contribution in [2.45, 2.75) is 195 Å². The average molecular weight is 1210 g/mol. The van der Waals surface area contributed by atoms with Crippen LogP contribution in [0, 0.1) is 27.1 Å². The maximum Gasteiger partial charge on any atom is 0.131 e. The number of hydrogen-bond donors (Lipinski definition) is 1. The van der Waals surface area contributed by atoms with Gasteiger partial charge in [-0.25, -0.2) is 4.98 Å². The highest BCUT2D eigenvalue weighted by Crippen LogP contribution is 2.34. The number of aromatic nitrogens is 5. The summed E-state index contributed by atoms with van der Waals surface area (Å²) >= 11 is 0. The van der Waals surface area contributed by atoms with Crippen molar-refractivity contribution in [2.24, 2.45) is 59.1 Å². The molecule has 0 saturated carbocycles. The number of hydrogen-bond acceptors (Lipinski definition) is 9. The lowest BCUT2D eigenvalue weighted by atomic mass is 9.84. The van der Waals surface area contributed by atoms with Crippen LogP contribution in [0.5, 0.6) is 0 Å². The summed E-state index contributed by atoms with van der Waals surface area (Å²) in [4.78, 5) is 26.0. The van der Waals surface area contributed by atoms with Gasteiger partial charge < -0.3 is 9.09 Å². The lowest BCUT2D eigenvalue weighted by Gasteiger charge is -2.20. The standard InChI is InChI=1S/C10H16N2.5C10H15N.C9H14N2.C9H13NO/c1-6-9-11-7-8(12(9)5)10(2,3)4;1-5-9-6-8(7-11-9)10(2,3)4;2*1-5-9-8(6-7-11-9)10(2,3)4;2*1-5-8-6-7-9(11-8)10(2,3)4;1-5-7-6-8(11-10-7)9(2,3)4;1-5-8-7(6-11-10-8)9(2,3)4/h6-7H,1H2,2-5H3;3*5-6H,1,7H2,2-4H3;2*5,7H,1,6H2,2-4H3;5-6H,1H2,2-4H3,(H,10,11);5-6H,1H2,2-4H3. The molecule has 0 amide bonds. The number of nitrogens with one attached hydrogen (secondary N) is 1. The van der Waals surface area contributed by atoms with Crippen LogP contribution in [0.1, 0.15) is 213 Å². The molecule has 0 unspecified atom stereocenters. The number of allylic oxidation sites excluding steroid dienone is 12. The van der Waals surface area contributed by atoms with Gasteiger partial charge in [0.05, 0.1) is 42.5 Å². The van der Waals surface area contributed by atoms with E-state index in [1.165, 1.54) is 33.8 Å². The second-order valence-corrected chi connectivity index (χ2v) is 30.4. The van der Waals surface area contributed by atoms with E-state index in [1.807, 2.05) is 43.6 Å². The summed E-state index contributed by atoms with van der Waals surface area (Å²) in [6.45, 7) is 84.2. The Bertz CT molecular complexity index is 3130. The van der Waals surface area contributed by atoms with Crippen LogP contribution in [0.3, 0.4) is 0 Å². The van der Waals surface area contributed by atoms with Gasteiger partial charge in [-0.15, -0.1) is 0 Å². The predicted octanol–water partition coefficient (Wildman–Crippen LogP) is 21.0. The third kappa shape index (κ3) is 27.1. The first-order valence-electron chi connectivity index (χ1n) is 31.1. The second-order valence-electron chi connectivity index (χ2n) is 30.4. The minimum atomic E-state index is 0.0868. The van der Waals surface area contributed by atoms with Crippen LogP contribution < -0.4 is 0 Å². The van der Waals surface area contributed by atoms with E-state index in [1.54, 1.807) is 30.6 Å². The monoisotopic (exact) mass is 1210 g/mol. The third-order valence-electron chi connectivity index (χ3n) is 14.3. The summed E-state index contributed by atoms with van der Waals surface area (Å²) in [5.41, 5.74) is 18.4. The zero-order valence-corrected chi connectivity index (χ0v) is 60.4. The molecule has 486 valence electrons. The summed E-state index contributed by atoms with van der Waals surface area (Å²) < 4.78 is 6.92. The molecular weight excluding hydrogens is 1090 g/mol. The molecule has 89 heavy (non-hydrogen) atoms. The van der Waals surface area contributed by atoms with Crippen molar-refractivity contribution in [3.8, 4) is 0 Å². The van der Waals surface area contributed by atoms with E-state index in [0.717, 1.165) is 89.5 Å². The molecule has 0 saturated heterocycles. The van der Waals surface area contributed by atoms with Crippen LogP contribution in [0.25, 0.3) is 18.2 Å². The summed E-state index contributed by atoms with van der Waals surface area (Å²) in [6.07, 6.45) is 30.7. The highest BCUT2D eigenvalue weighted by Gasteiger charge is 2.26. The van der Waals surface area contributed by atoms with Gasteiger partial charge in [0.15, 0.2) is 0 Å². The molecule has 8 rings (SSSR count). The fraction of sp³-hybridized carbons (Fsp3) is 0.487. The summed E-state index contributed by atoms with van der Waals surface area (Å²) in [5.74, 6) is 0.930. The molecule has 1 N–H and O–H groups in total. The Morgan fingerprint density at radius 2 is 0.966 bits per heavy atom. The molecule has 11 heteroatoms. The summed E-state index contributed by atoms with van der Waals surface area (Å²) in [6, 6.07) is 2.02. The maximum atomic E-state index is 4.84. The van der Waals surface area contributed by atoms with E-state index in [2.05, 4.69) is 299 Å². The van der Waals surface area contributed by atoms with E-state index < -0.39 is 0 Å². The smallest absolute Gasteiger partial charge is 0.131 e. The van der Waals surface area contributed by atoms with Crippen molar-refractivity contribution in [1.29, 1.82) is 0 Å². The molecule has 8 heterocycles. The molecule has 0 spiro atoms. The van der Waals surface area contributed by atoms with Gasteiger partial charge in [0.25, 0.3) is 0 Å². The molecule has 0 radical (unpaired) electrons. The van der Waals surface area contributed by atoms with Crippen LogP contribution in [-0.4, -0.2) is 73.1 Å². The predicted molar refractivity (Wildman–Crippen MR) is 394 cm³/mol. The van der Waals surface area contributed by atoms with Crippen LogP contribution in [0.4, 0.5) is 0 Å². The molecule has 0 aromatic carbocycles. The third-order valence-corrected chi connectivity index (χ3v) is 14.3. The Morgan fingerprint density at radius 3 is 1.19 bits per heavy atom. The van der Waals surface area contributed by atoms with Gasteiger partial charge in [0.2, 0.25) is 0 Å². The van der Waals surface area contributed by atoms with E-state index in [4.69, 9.17) is 4.52 Å². The van der Waals surface area contributed by atoms with Crippen LogP contribution >= 0.6 is 0 Å². The number of aromatic amines is 1. The second kappa shape index (κ2) is 34.0. The molecule has 11 nitrogen and oxygen atoms in total. The Balaban J connectivity index is 0.000000509. The number of aliphatic imine (C=N–C) groups is 5. The van der Waals surface area contributed by atoms with Gasteiger partial charge in [-0.1, -0.05) is 248 Å². The molecule has 0 fully saturated rings. The van der Waals surface area contributed by atoms with Gasteiger partial charge in [-0.05, 0) is 99.1 Å². The lowest BCUT2D eigenvalue weighted by Crippen LogP contribution is -2.16. The van der Waals surface area contributed by atoms with E-state index in [-0.39, 0.29) is 43.3 Å². The van der Waals surface area contributed by atoms with Crippen LogP contribution in [-0.2, 0) is 23.3 Å². The van der Waals surface area contributed by atoms with E-state index >= 15 is 0 Å². The summed E-state index contributed by atoms with van der Waals surface area (Å²) in [7, 11) is 2.02. The van der Waals surface area contributed by atoms with E-state index in [0.29, 0.717) is 0 Å². The number of H-pyrrole nitrogens is 1. The largest absolute Gasteiger partial charge is 0.364 e. The van der Waals surface area contributed by atoms with Gasteiger partial charge in [-0.3, -0.25) is 30.1 Å². The van der Waals surface area contributed by atoms with Crippen molar-refractivity contribution in [3.05, 3.63) is 194 Å². The quantitative estimate of drug-likeness (QED) is 0.240. The minimum Gasteiger partial charge on any atom is -0.364 e. The zero-order chi connectivity index (χ0) is 68.7. The normalized spacial score (nSPS) is 15.4. The van der Waals surface area contributed by atoms with Gasteiger partial charge >= 0.3 is 0 Å². The molecule has 3 aromatic heterocycles. The summed E-state index contributed by atoms with van der Waals surface area (Å²) in [5, 5.41) is 10.8. The van der Waals surface area contributed by atoms with Crippen molar-refractivity contribution >= 4 is 46.8 Å². The molecule has 0 bridgehead atoms. The minimum absolute atomic E-state index is 0.0868. The first-order chi connectivity index (χ1) is 40.8. The Labute approximate surface area is 541 Å². The molecule has 0 atom stereocenters. The Hall–Kier alpha value is -7.40. The van der Waals surface area contributed by atoms with E-state index in [9.17, 15) is 0 Å². The fourth-order valence-electron chi connectivity index (χ4n) is 8.79. The fourth-order valence-corrected chi connectivity index (χ4v) is 8.79. The van der Waals surface area contributed by atoms with Crippen LogP contribution in [0.2, 0.25) is 0 Å². The van der Waals surface area contributed by atoms with Gasteiger partial charge in [0, 0.05) is 87.5 Å². The Kier molecular flexibility index (Phi) is 30.4. The Morgan fingerprint density at radius 1 is 0.494 bits per heavy atom. The number of imidazole rings is 1. The highest BCUT2D eigenvalue weighted by atomic mass is 16.5. The van der Waals surface area contributed by atoms with Gasteiger partial charge in [0.1, 0.15) is 17.8 Å². The lowest BCUT2D eigenvalue weighted by molar-refractivity contribution is 0.415. The molecule has 5 aliphatic rings. The van der Waals surface area contributed by atoms with Crippen molar-refractivity contribution in [3.63, 3.8) is 0 Å². The molecule has 0 aliphatic carbocycles. The van der Waals surface area contributed by atoms with Crippen molar-refractivity contribution in [1.82, 2.24) is 24.9 Å².